The minimum atomic E-state index is -0.448. The quantitative estimate of drug-likeness (QED) is 0.821. The average molecular weight is 328 g/mol. The van der Waals surface area contributed by atoms with Crippen LogP contribution in [0.3, 0.4) is 0 Å². The highest BCUT2D eigenvalue weighted by Crippen LogP contribution is 2.38. The predicted molar refractivity (Wildman–Crippen MR) is 85.0 cm³/mol. The molecule has 114 valence electrons. The number of aromatic nitrogens is 2. The van der Waals surface area contributed by atoms with Crippen LogP contribution in [-0.4, -0.2) is 30.9 Å². The summed E-state index contributed by atoms with van der Waals surface area (Å²) in [5.41, 5.74) is 6.23. The fraction of sp³-hybridized carbons (Fsp3) is 0.385. The Balaban J connectivity index is 2.21. The second kappa shape index (κ2) is 6.95. The standard InChI is InChI=1S/C13H17FN4OS2/c1-4-5-19-10-7-11(9(15)6-8(10)14)20-13-17-16-12(21-13)18(2)3/h6-7H,4-5,15H2,1-3H3. The first-order valence-corrected chi connectivity index (χ1v) is 8.05. The molecule has 2 rings (SSSR count). The number of nitrogens with two attached hydrogens (primary N) is 1. The summed E-state index contributed by atoms with van der Waals surface area (Å²) in [6, 6.07) is 2.89. The molecule has 0 aliphatic rings. The van der Waals surface area contributed by atoms with E-state index in [-0.39, 0.29) is 5.75 Å². The molecule has 8 heteroatoms. The summed E-state index contributed by atoms with van der Waals surface area (Å²) in [6.07, 6.45) is 0.814. The molecule has 0 aliphatic heterocycles. The largest absolute Gasteiger partial charge is 0.490 e. The zero-order valence-electron chi connectivity index (χ0n) is 12.1. The van der Waals surface area contributed by atoms with E-state index in [1.165, 1.54) is 29.2 Å². The van der Waals surface area contributed by atoms with Crippen LogP contribution in [0.2, 0.25) is 0 Å². The molecule has 0 saturated carbocycles. The van der Waals surface area contributed by atoms with E-state index in [1.54, 1.807) is 6.07 Å². The number of halogens is 1. The van der Waals surface area contributed by atoms with Crippen molar-refractivity contribution in [1.82, 2.24) is 10.2 Å². The molecule has 0 amide bonds. The normalized spacial score (nSPS) is 10.7. The van der Waals surface area contributed by atoms with Gasteiger partial charge in [-0.15, -0.1) is 10.2 Å². The van der Waals surface area contributed by atoms with Crippen LogP contribution >= 0.6 is 23.1 Å². The number of hydrogen-bond acceptors (Lipinski definition) is 7. The maximum Gasteiger partial charge on any atom is 0.208 e. The van der Waals surface area contributed by atoms with Crippen LogP contribution < -0.4 is 15.4 Å². The summed E-state index contributed by atoms with van der Waals surface area (Å²) in [4.78, 5) is 2.59. The smallest absolute Gasteiger partial charge is 0.208 e. The molecule has 1 aromatic heterocycles. The molecule has 2 N–H and O–H groups in total. The molecule has 0 radical (unpaired) electrons. The van der Waals surface area contributed by atoms with E-state index in [2.05, 4.69) is 10.2 Å². The van der Waals surface area contributed by atoms with E-state index in [0.717, 1.165) is 15.9 Å². The first-order valence-electron chi connectivity index (χ1n) is 6.41. The summed E-state index contributed by atoms with van der Waals surface area (Å²) in [5.74, 6) is -0.234. The van der Waals surface area contributed by atoms with Gasteiger partial charge in [0.2, 0.25) is 5.13 Å². The van der Waals surface area contributed by atoms with E-state index in [1.807, 2.05) is 25.9 Å². The topological polar surface area (TPSA) is 64.3 Å². The number of rotatable bonds is 6. The van der Waals surface area contributed by atoms with Crippen molar-refractivity contribution < 1.29 is 9.13 Å². The summed E-state index contributed by atoms with van der Waals surface area (Å²) in [7, 11) is 3.80. The summed E-state index contributed by atoms with van der Waals surface area (Å²) in [6.45, 7) is 2.43. The lowest BCUT2D eigenvalue weighted by atomic mass is 10.3. The third kappa shape index (κ3) is 3.98. The van der Waals surface area contributed by atoms with Crippen LogP contribution in [0.15, 0.2) is 21.4 Å². The third-order valence-electron chi connectivity index (χ3n) is 2.50. The molecule has 5 nitrogen and oxygen atoms in total. The molecule has 0 saturated heterocycles. The first-order chi connectivity index (χ1) is 10.0. The molecule has 1 heterocycles. The van der Waals surface area contributed by atoms with Crippen molar-refractivity contribution in [1.29, 1.82) is 0 Å². The number of hydrogen-bond donors (Lipinski definition) is 1. The van der Waals surface area contributed by atoms with Gasteiger partial charge in [-0.2, -0.15) is 0 Å². The fourth-order valence-corrected chi connectivity index (χ4v) is 3.25. The van der Waals surface area contributed by atoms with Gasteiger partial charge in [0.25, 0.3) is 0 Å². The molecular formula is C13H17FN4OS2. The van der Waals surface area contributed by atoms with Crippen LogP contribution in [0.5, 0.6) is 5.75 Å². The molecule has 0 atom stereocenters. The molecule has 0 bridgehead atoms. The minimum Gasteiger partial charge on any atom is -0.490 e. The van der Waals surface area contributed by atoms with Gasteiger partial charge in [0.1, 0.15) is 0 Å². The van der Waals surface area contributed by atoms with Gasteiger partial charge in [-0.3, -0.25) is 0 Å². The van der Waals surface area contributed by atoms with Crippen molar-refractivity contribution in [2.45, 2.75) is 22.6 Å². The lowest BCUT2D eigenvalue weighted by Gasteiger charge is -2.09. The molecule has 1 aromatic carbocycles. The summed E-state index contributed by atoms with van der Waals surface area (Å²) >= 11 is 2.80. The van der Waals surface area contributed by atoms with Gasteiger partial charge in [0, 0.05) is 30.7 Å². The molecular weight excluding hydrogens is 311 g/mol. The number of nitrogens with zero attached hydrogens (tertiary/aromatic N) is 3. The highest BCUT2D eigenvalue weighted by Gasteiger charge is 2.13. The number of ether oxygens (including phenoxy) is 1. The Morgan fingerprint density at radius 1 is 1.38 bits per heavy atom. The van der Waals surface area contributed by atoms with Gasteiger partial charge in [-0.05, 0) is 12.5 Å². The van der Waals surface area contributed by atoms with Crippen molar-refractivity contribution in [3.8, 4) is 5.75 Å². The Kier molecular flexibility index (Phi) is 5.24. The van der Waals surface area contributed by atoms with Crippen LogP contribution in [0.25, 0.3) is 0 Å². The Labute approximate surface area is 131 Å². The highest BCUT2D eigenvalue weighted by molar-refractivity contribution is 8.01. The molecule has 21 heavy (non-hydrogen) atoms. The molecule has 0 unspecified atom stereocenters. The molecule has 0 spiro atoms. The monoisotopic (exact) mass is 328 g/mol. The number of nitrogen functional groups attached to an aromatic ring is 1. The first kappa shape index (κ1) is 15.8. The van der Waals surface area contributed by atoms with Gasteiger partial charge in [-0.25, -0.2) is 4.39 Å². The van der Waals surface area contributed by atoms with Gasteiger partial charge < -0.3 is 15.4 Å². The van der Waals surface area contributed by atoms with Crippen LogP contribution in [0, 0.1) is 5.82 Å². The number of benzene rings is 1. The van der Waals surface area contributed by atoms with Crippen LogP contribution in [0.1, 0.15) is 13.3 Å². The highest BCUT2D eigenvalue weighted by atomic mass is 32.2. The van der Waals surface area contributed by atoms with Gasteiger partial charge in [0.15, 0.2) is 15.9 Å². The van der Waals surface area contributed by atoms with Crippen LogP contribution in [-0.2, 0) is 0 Å². The Morgan fingerprint density at radius 2 is 2.14 bits per heavy atom. The van der Waals surface area contributed by atoms with Crippen molar-refractivity contribution >= 4 is 33.9 Å². The van der Waals surface area contributed by atoms with Crippen molar-refractivity contribution in [3.05, 3.63) is 17.9 Å². The Bertz CT molecular complexity index is 618. The minimum absolute atomic E-state index is 0.214. The molecule has 0 aliphatic carbocycles. The zero-order valence-corrected chi connectivity index (χ0v) is 13.7. The lowest BCUT2D eigenvalue weighted by Crippen LogP contribution is -2.07. The second-order valence-electron chi connectivity index (χ2n) is 4.52. The summed E-state index contributed by atoms with van der Waals surface area (Å²) < 4.78 is 19.9. The number of anilines is 2. The third-order valence-corrected chi connectivity index (χ3v) is 4.72. The van der Waals surface area contributed by atoms with E-state index in [9.17, 15) is 4.39 Å². The van der Waals surface area contributed by atoms with Crippen molar-refractivity contribution in [2.24, 2.45) is 0 Å². The predicted octanol–water partition coefficient (Wildman–Crippen LogP) is 3.27. The van der Waals surface area contributed by atoms with Crippen molar-refractivity contribution in [3.63, 3.8) is 0 Å². The lowest BCUT2D eigenvalue weighted by molar-refractivity contribution is 0.300. The SMILES string of the molecule is CCCOc1cc(Sc2nnc(N(C)C)s2)c(N)cc1F. The maximum absolute atomic E-state index is 13.8. The summed E-state index contributed by atoms with van der Waals surface area (Å²) in [5, 5.41) is 8.95. The fourth-order valence-electron chi connectivity index (χ4n) is 1.48. The Morgan fingerprint density at radius 3 is 2.76 bits per heavy atom. The van der Waals surface area contributed by atoms with Crippen molar-refractivity contribution in [2.75, 3.05) is 31.3 Å². The van der Waals surface area contributed by atoms with E-state index < -0.39 is 5.82 Å². The van der Waals surface area contributed by atoms with Crippen LogP contribution in [0.4, 0.5) is 15.2 Å². The van der Waals surface area contributed by atoms with E-state index >= 15 is 0 Å². The molecule has 0 fully saturated rings. The molecule has 2 aromatic rings. The van der Waals surface area contributed by atoms with Gasteiger partial charge in [0.05, 0.1) is 6.61 Å². The zero-order chi connectivity index (χ0) is 15.4. The van der Waals surface area contributed by atoms with Gasteiger partial charge in [-0.1, -0.05) is 30.0 Å². The van der Waals surface area contributed by atoms with Gasteiger partial charge >= 0.3 is 0 Å². The maximum atomic E-state index is 13.8. The van der Waals surface area contributed by atoms with E-state index in [4.69, 9.17) is 10.5 Å². The van der Waals surface area contributed by atoms with E-state index in [0.29, 0.717) is 17.2 Å². The average Bonchev–Trinajstić information content (AvgIpc) is 2.89. The second-order valence-corrected chi connectivity index (χ2v) is 6.76. The Hall–Kier alpha value is -1.54.